The summed E-state index contributed by atoms with van der Waals surface area (Å²) in [4.78, 5) is 0. The summed E-state index contributed by atoms with van der Waals surface area (Å²) in [6.07, 6.45) is 0. The average Bonchev–Trinajstić information content (AvgIpc) is 1.38. The Bertz CT molecular complexity index is 21.6. The molecule has 0 rings (SSSR count). The van der Waals surface area contributed by atoms with E-state index in [9.17, 15) is 0 Å². The average molecular weight is 417 g/mol. The zero-order valence-corrected chi connectivity index (χ0v) is 14.9. The van der Waals surface area contributed by atoms with Gasteiger partial charge in [0.05, 0.1) is 0 Å². The van der Waals surface area contributed by atoms with Crippen LogP contribution in [0, 0.1) is 0 Å². The van der Waals surface area contributed by atoms with E-state index in [1.165, 1.54) is 0 Å². The molecule has 0 aromatic carbocycles. The second kappa shape index (κ2) is 4.67. The molecule has 0 heterocycles. The van der Waals surface area contributed by atoms with Gasteiger partial charge in [0.25, 0.3) is 0 Å². The van der Waals surface area contributed by atoms with E-state index in [2.05, 4.69) is 25.4 Å². The molecule has 0 radical (unpaired) electrons. The molecule has 0 saturated carbocycles. The molecule has 0 aromatic heterocycles. The molecule has 0 atom stereocenters. The van der Waals surface area contributed by atoms with E-state index in [4.69, 9.17) is 1.41 Å². The summed E-state index contributed by atoms with van der Waals surface area (Å²) in [7, 11) is 0. The van der Waals surface area contributed by atoms with Gasteiger partial charge < -0.3 is 0 Å². The Morgan fingerprint density at radius 2 is 1.80 bits per heavy atom. The van der Waals surface area contributed by atoms with E-state index in [-0.39, 0.29) is 0 Å². The van der Waals surface area contributed by atoms with Gasteiger partial charge in [-0.2, -0.15) is 0 Å². The van der Waals surface area contributed by atoms with Crippen LogP contribution in [-0.2, 0) is 1.41 Å². The molecule has 5 heavy (non-hydrogen) atoms. The van der Waals surface area contributed by atoms with Gasteiger partial charge in [0, 0.05) is 0 Å². The molecule has 0 fully saturated rings. The van der Waals surface area contributed by atoms with Crippen LogP contribution in [0.4, 0.5) is 0 Å². The van der Waals surface area contributed by atoms with E-state index < -0.39 is 15.7 Å². The number of rotatable bonds is 1. The molecule has 0 aliphatic rings. The van der Waals surface area contributed by atoms with Crippen molar-refractivity contribution in [2.45, 2.75) is 0 Å². The molecule has 1 nitrogen and oxygen atoms in total. The summed E-state index contributed by atoms with van der Waals surface area (Å²) in [5.74, 6) is 0. The first kappa shape index (κ1) is 7.52. The van der Waals surface area contributed by atoms with Gasteiger partial charge in [-0.1, -0.05) is 0 Å². The molecule has 0 bridgehead atoms. The normalized spacial score (nSPS) is 10.2. The van der Waals surface area contributed by atoms with Crippen LogP contribution >= 0.6 is 25.4 Å². The first-order chi connectivity index (χ1) is 2.27. The van der Waals surface area contributed by atoms with Gasteiger partial charge in [-0.3, -0.25) is 0 Å². The van der Waals surface area contributed by atoms with Crippen LogP contribution in [0.25, 0.3) is 0 Å². The molecule has 0 N–H and O–H groups in total. The fraction of sp³-hybridized carbons (Fsp3) is 0. The van der Waals surface area contributed by atoms with Crippen LogP contribution in [0.5, 0.6) is 0 Å². The van der Waals surface area contributed by atoms with E-state index in [1.807, 2.05) is 0 Å². The Hall–Kier alpha value is 2.52. The van der Waals surface area contributed by atoms with Crippen LogP contribution in [0.2, 0.25) is 0 Å². The van der Waals surface area contributed by atoms with Crippen molar-refractivity contribution in [3.8, 4) is 0 Å². The third kappa shape index (κ3) is 6.52. The van der Waals surface area contributed by atoms with Crippen molar-refractivity contribution in [3.63, 3.8) is 0 Å². The minimum absolute atomic E-state index is 0.450. The maximum atomic E-state index is 5.00. The molecule has 0 spiro atoms. The molecule has 0 saturated heterocycles. The third-order valence-electron chi connectivity index (χ3n) is 0.178. The fourth-order valence-corrected chi connectivity index (χ4v) is 0. The summed E-state index contributed by atoms with van der Waals surface area (Å²) < 4.78 is 5.00. The van der Waals surface area contributed by atoms with Crippen molar-refractivity contribution >= 4 is 64.1 Å². The summed E-state index contributed by atoms with van der Waals surface area (Å²) in [5.41, 5.74) is 0. The van der Waals surface area contributed by atoms with Gasteiger partial charge in [-0.05, 0) is 0 Å². The van der Waals surface area contributed by atoms with Gasteiger partial charge in [0.1, 0.15) is 0 Å². The molecular formula is H4Br2OSn2. The van der Waals surface area contributed by atoms with Crippen molar-refractivity contribution in [2.24, 2.45) is 0 Å². The van der Waals surface area contributed by atoms with Crippen molar-refractivity contribution in [1.82, 2.24) is 0 Å². The number of hydrogen-bond donors (Lipinski definition) is 0. The molecule has 32 valence electrons. The second-order valence-electron chi connectivity index (χ2n) is 0.496. The third-order valence-corrected chi connectivity index (χ3v) is 41.7. The number of halogens is 2. The molecular weight excluding hydrogens is 413 g/mol. The first-order valence-corrected chi connectivity index (χ1v) is 19.5. The van der Waals surface area contributed by atoms with Gasteiger partial charge in [-0.15, -0.1) is 0 Å². The van der Waals surface area contributed by atoms with Crippen LogP contribution in [0.1, 0.15) is 0 Å². The van der Waals surface area contributed by atoms with E-state index in [0.29, 0.717) is 22.9 Å². The van der Waals surface area contributed by atoms with Gasteiger partial charge in [-0.25, -0.2) is 0 Å². The SMILES string of the molecule is [Br][SnH]([Br])[O][SnH3]. The van der Waals surface area contributed by atoms with E-state index in [0.717, 1.165) is 0 Å². The fourth-order valence-electron chi connectivity index (χ4n) is 0. The van der Waals surface area contributed by atoms with Gasteiger partial charge >= 0.3 is 65.5 Å². The van der Waals surface area contributed by atoms with Crippen molar-refractivity contribution in [2.75, 3.05) is 0 Å². The van der Waals surface area contributed by atoms with Crippen molar-refractivity contribution in [3.05, 3.63) is 0 Å². The molecule has 0 aromatic rings. The van der Waals surface area contributed by atoms with Gasteiger partial charge in [0.2, 0.25) is 0 Å². The van der Waals surface area contributed by atoms with Crippen molar-refractivity contribution < 1.29 is 1.41 Å². The van der Waals surface area contributed by atoms with Crippen LogP contribution in [0.3, 0.4) is 0 Å². The van der Waals surface area contributed by atoms with E-state index in [1.54, 1.807) is 0 Å². The molecule has 0 unspecified atom stereocenters. The standard InChI is InChI=1S/2BrH.O.2Sn.4H/h2*1H;;;;;;;/q;;;;+2;;;;/p-2. The van der Waals surface area contributed by atoms with Gasteiger partial charge in [0.15, 0.2) is 0 Å². The Morgan fingerprint density at radius 3 is 1.80 bits per heavy atom. The molecule has 0 aliphatic heterocycles. The van der Waals surface area contributed by atoms with Crippen LogP contribution in [0.15, 0.2) is 0 Å². The Labute approximate surface area is 64.3 Å². The predicted molar refractivity (Wildman–Crippen MR) is 36.0 cm³/mol. The zero-order chi connectivity index (χ0) is 4.28. The maximum absolute atomic E-state index is 5.00. The molecule has 5 heteroatoms. The quantitative estimate of drug-likeness (QED) is 0.537. The summed E-state index contributed by atoms with van der Waals surface area (Å²) in [6.45, 7) is 0. The summed E-state index contributed by atoms with van der Waals surface area (Å²) in [5, 5.41) is 0. The zero-order valence-electron chi connectivity index (χ0n) is 2.74. The Kier molecular flexibility index (Phi) is 7.02. The number of hydrogen-bond acceptors (Lipinski definition) is 1. The van der Waals surface area contributed by atoms with Crippen LogP contribution < -0.4 is 0 Å². The predicted octanol–water partition coefficient (Wildman–Crippen LogP) is -0.210. The topological polar surface area (TPSA) is 9.23 Å². The Morgan fingerprint density at radius 1 is 1.60 bits per heavy atom. The molecule has 0 aliphatic carbocycles. The molecule has 0 amide bonds. The second-order valence-corrected chi connectivity index (χ2v) is 31.8. The minimum atomic E-state index is -1.46. The Balaban J connectivity index is 2.54. The van der Waals surface area contributed by atoms with Crippen molar-refractivity contribution in [1.29, 1.82) is 0 Å². The summed E-state index contributed by atoms with van der Waals surface area (Å²) in [6, 6.07) is 0. The summed E-state index contributed by atoms with van der Waals surface area (Å²) >= 11 is 5.65. The van der Waals surface area contributed by atoms with Crippen LogP contribution in [-0.4, -0.2) is 38.7 Å². The first-order valence-electron chi connectivity index (χ1n) is 1.08. The van der Waals surface area contributed by atoms with E-state index >= 15 is 0 Å². The monoisotopic (exact) mass is 418 g/mol.